The highest BCUT2D eigenvalue weighted by Gasteiger charge is 2.51. The summed E-state index contributed by atoms with van der Waals surface area (Å²) in [5, 5.41) is 8.33. The number of likely N-dealkylation sites (tertiary alicyclic amines) is 1. The molecule has 1 saturated heterocycles. The number of methoxy groups -OCH3 is 2. The quantitative estimate of drug-likeness (QED) is 0.151. The number of nitrogens with one attached hydrogen (secondary N) is 5. The normalized spacial score (nSPS) is 23.9. The van der Waals surface area contributed by atoms with Gasteiger partial charge in [-0.3, -0.25) is 9.59 Å². The Morgan fingerprint density at radius 3 is 1.96 bits per heavy atom. The maximum absolute atomic E-state index is 13.6. The van der Waals surface area contributed by atoms with E-state index in [9.17, 15) is 19.2 Å². The Hall–Kier alpha value is -4.88. The summed E-state index contributed by atoms with van der Waals surface area (Å²) in [4.78, 5) is 68.6. The topological polar surface area (TPSA) is 183 Å². The van der Waals surface area contributed by atoms with Crippen LogP contribution in [0.15, 0.2) is 36.7 Å². The van der Waals surface area contributed by atoms with E-state index in [1.807, 2.05) is 51.9 Å². The number of hydrogen-bond acceptors (Lipinski definition) is 8. The summed E-state index contributed by atoms with van der Waals surface area (Å²) in [7, 11) is 2.58. The van der Waals surface area contributed by atoms with Crippen molar-refractivity contribution in [2.24, 2.45) is 11.8 Å². The minimum atomic E-state index is -0.717. The van der Waals surface area contributed by atoms with Crippen molar-refractivity contribution in [3.63, 3.8) is 0 Å². The summed E-state index contributed by atoms with van der Waals surface area (Å²) in [6.07, 6.45) is 10.6. The molecule has 5 N–H and O–H groups in total. The third-order valence-electron chi connectivity index (χ3n) is 12.2. The Balaban J connectivity index is 1.08. The van der Waals surface area contributed by atoms with Crippen molar-refractivity contribution >= 4 is 24.0 Å². The first kappa shape index (κ1) is 38.8. The highest BCUT2D eigenvalue weighted by molar-refractivity contribution is 5.87. The van der Waals surface area contributed by atoms with Crippen molar-refractivity contribution in [2.75, 3.05) is 20.8 Å². The molecule has 4 aliphatic rings. The van der Waals surface area contributed by atoms with E-state index in [1.54, 1.807) is 0 Å². The lowest BCUT2D eigenvalue weighted by atomic mass is 9.51. The maximum atomic E-state index is 13.6. The maximum Gasteiger partial charge on any atom is 0.407 e. The zero-order chi connectivity index (χ0) is 38.8. The zero-order valence-corrected chi connectivity index (χ0v) is 32.6. The van der Waals surface area contributed by atoms with Gasteiger partial charge in [-0.25, -0.2) is 19.6 Å². The van der Waals surface area contributed by atoms with Gasteiger partial charge in [0, 0.05) is 23.9 Å². The molecule has 2 aromatic heterocycles. The van der Waals surface area contributed by atoms with Crippen molar-refractivity contribution in [3.8, 4) is 11.3 Å². The average molecular weight is 745 g/mol. The van der Waals surface area contributed by atoms with Gasteiger partial charge in [-0.1, -0.05) is 52.0 Å². The monoisotopic (exact) mass is 744 g/mol. The molecule has 2 bridgehead atoms. The Bertz CT molecular complexity index is 1790. The fourth-order valence-corrected chi connectivity index (χ4v) is 8.79. The predicted octanol–water partition coefficient (Wildman–Crippen LogP) is 5.95. The number of benzene rings is 1. The Morgan fingerprint density at radius 2 is 1.37 bits per heavy atom. The number of imidazole rings is 2. The predicted molar refractivity (Wildman–Crippen MR) is 202 cm³/mol. The first-order valence-electron chi connectivity index (χ1n) is 19.3. The lowest BCUT2D eigenvalue weighted by molar-refractivity contribution is -0.135. The van der Waals surface area contributed by atoms with Gasteiger partial charge < -0.3 is 40.3 Å². The molecule has 0 unspecified atom stereocenters. The van der Waals surface area contributed by atoms with Crippen LogP contribution < -0.4 is 16.0 Å². The van der Waals surface area contributed by atoms with Gasteiger partial charge in [0.05, 0.1) is 38.2 Å². The summed E-state index contributed by atoms with van der Waals surface area (Å²) in [6, 6.07) is 6.95. The van der Waals surface area contributed by atoms with E-state index in [2.05, 4.69) is 55.2 Å². The van der Waals surface area contributed by atoms with Crippen LogP contribution in [0.4, 0.5) is 9.59 Å². The SMILES string of the molecule is COC(=O)N[C@H](C(=O)N[C@@H](C)c1ncc(C23CCC(c4ccc(-c5cnc([C@@H]6CCCN6C(=O)[C@@H](NC(=O)OC)C(C)C)[nH]5)cc4)(CC2)CC3)[nH]1)C(C)C. The molecule has 1 aromatic carbocycles. The van der Waals surface area contributed by atoms with E-state index in [-0.39, 0.29) is 46.6 Å². The molecule has 3 aromatic rings. The van der Waals surface area contributed by atoms with E-state index in [0.717, 1.165) is 74.1 Å². The summed E-state index contributed by atoms with van der Waals surface area (Å²) < 4.78 is 9.47. The molecule has 14 heteroatoms. The number of alkyl carbamates (subject to hydrolysis) is 2. The molecular formula is C40H56N8O6. The summed E-state index contributed by atoms with van der Waals surface area (Å²) in [5.74, 6) is 0.845. The number of nitrogens with zero attached hydrogens (tertiary/aromatic N) is 3. The third kappa shape index (κ3) is 7.70. The second-order valence-corrected chi connectivity index (χ2v) is 16.1. The van der Waals surface area contributed by atoms with Crippen LogP contribution in [0.1, 0.15) is 121 Å². The molecule has 0 radical (unpaired) electrons. The van der Waals surface area contributed by atoms with Gasteiger partial charge >= 0.3 is 12.2 Å². The van der Waals surface area contributed by atoms with Crippen LogP contribution in [0.2, 0.25) is 0 Å². The number of ether oxygens (including phenoxy) is 2. The van der Waals surface area contributed by atoms with Gasteiger partial charge in [0.15, 0.2) is 0 Å². The van der Waals surface area contributed by atoms with Gasteiger partial charge in [0.1, 0.15) is 23.7 Å². The van der Waals surface area contributed by atoms with Gasteiger partial charge in [0.25, 0.3) is 0 Å². The molecule has 4 amide bonds. The molecule has 4 fully saturated rings. The first-order valence-corrected chi connectivity index (χ1v) is 19.3. The molecule has 0 spiro atoms. The number of carbonyl (C=O) groups excluding carboxylic acids is 4. The lowest BCUT2D eigenvalue weighted by Gasteiger charge is -2.53. The molecule has 14 nitrogen and oxygen atoms in total. The molecule has 3 heterocycles. The van der Waals surface area contributed by atoms with Crippen LogP contribution >= 0.6 is 0 Å². The van der Waals surface area contributed by atoms with E-state index < -0.39 is 24.3 Å². The lowest BCUT2D eigenvalue weighted by Crippen LogP contribution is -2.51. The fraction of sp³-hybridized carbons (Fsp3) is 0.600. The number of fused-ring (bicyclic) bond motifs is 3. The molecule has 1 aliphatic heterocycles. The summed E-state index contributed by atoms with van der Waals surface area (Å²) in [5.41, 5.74) is 4.63. The Kier molecular flexibility index (Phi) is 11.4. The van der Waals surface area contributed by atoms with E-state index in [4.69, 9.17) is 14.5 Å². The third-order valence-corrected chi connectivity index (χ3v) is 12.2. The van der Waals surface area contributed by atoms with Crippen molar-refractivity contribution in [2.45, 2.75) is 121 Å². The van der Waals surface area contributed by atoms with Crippen molar-refractivity contribution < 1.29 is 28.7 Å². The number of H-pyrrole nitrogens is 2. The number of aromatic nitrogens is 4. The van der Waals surface area contributed by atoms with Crippen LogP contribution in [0.5, 0.6) is 0 Å². The first-order chi connectivity index (χ1) is 25.8. The van der Waals surface area contributed by atoms with Crippen LogP contribution in [0.3, 0.4) is 0 Å². The van der Waals surface area contributed by atoms with Crippen LogP contribution in [0.25, 0.3) is 11.3 Å². The van der Waals surface area contributed by atoms with E-state index in [0.29, 0.717) is 12.4 Å². The standard InChI is InChI=1S/C40H56N8O6/c1-23(2)31(46-37(51)53-6)35(49)43-25(5)33-42-22-30(45-33)40-17-14-39(15-18-40,16-19-40)27-12-10-26(11-13-27)28-21-41-34(44-28)29-9-8-20-48(29)36(50)32(24(3)4)47-38(52)54-7/h10-13,21-25,29,31-32H,8-9,14-20H2,1-7H3,(H,41,44)(H,42,45)(H,43,49)(H,46,51)(H,47,52)/t25-,29-,31-,32-,39?,40?/m0/s1. The number of amides is 4. The van der Waals surface area contributed by atoms with E-state index in [1.165, 1.54) is 19.8 Å². The van der Waals surface area contributed by atoms with Gasteiger partial charge in [-0.2, -0.15) is 0 Å². The molecule has 3 aliphatic carbocycles. The zero-order valence-electron chi connectivity index (χ0n) is 32.6. The van der Waals surface area contributed by atoms with Gasteiger partial charge in [-0.05, 0) is 86.7 Å². The van der Waals surface area contributed by atoms with E-state index >= 15 is 0 Å². The molecule has 4 atom stereocenters. The number of hydrogen-bond donors (Lipinski definition) is 5. The average Bonchev–Trinajstić information content (AvgIpc) is 3.98. The van der Waals surface area contributed by atoms with Crippen molar-refractivity contribution in [3.05, 3.63) is 59.6 Å². The van der Waals surface area contributed by atoms with Crippen LogP contribution in [0, 0.1) is 11.8 Å². The van der Waals surface area contributed by atoms with Gasteiger partial charge in [0.2, 0.25) is 11.8 Å². The fourth-order valence-electron chi connectivity index (χ4n) is 8.79. The number of carbonyl (C=O) groups is 4. The highest BCUT2D eigenvalue weighted by atomic mass is 16.5. The Labute approximate surface area is 317 Å². The molecular weight excluding hydrogens is 688 g/mol. The highest BCUT2D eigenvalue weighted by Crippen LogP contribution is 2.58. The van der Waals surface area contributed by atoms with Crippen molar-refractivity contribution in [1.82, 2.24) is 40.8 Å². The smallest absolute Gasteiger partial charge is 0.407 e. The second kappa shape index (κ2) is 15.8. The van der Waals surface area contributed by atoms with Crippen LogP contribution in [-0.2, 0) is 29.9 Å². The largest absolute Gasteiger partial charge is 0.453 e. The molecule has 7 rings (SSSR count). The molecule has 292 valence electrons. The number of aromatic amines is 2. The minimum absolute atomic E-state index is 0.0377. The second-order valence-electron chi connectivity index (χ2n) is 16.1. The number of rotatable bonds is 12. The molecule has 3 saturated carbocycles. The van der Waals surface area contributed by atoms with Gasteiger partial charge in [-0.15, -0.1) is 0 Å². The Morgan fingerprint density at radius 1 is 0.778 bits per heavy atom. The minimum Gasteiger partial charge on any atom is -0.453 e. The van der Waals surface area contributed by atoms with Crippen molar-refractivity contribution in [1.29, 1.82) is 0 Å². The summed E-state index contributed by atoms with van der Waals surface area (Å²) >= 11 is 0. The van der Waals surface area contributed by atoms with Crippen LogP contribution in [-0.4, -0.2) is 81.7 Å². The molecule has 54 heavy (non-hydrogen) atoms. The summed E-state index contributed by atoms with van der Waals surface area (Å²) in [6.45, 7) is 10.1.